The summed E-state index contributed by atoms with van der Waals surface area (Å²) >= 11 is 1.65. The van der Waals surface area contributed by atoms with Crippen molar-refractivity contribution >= 4 is 17.2 Å². The summed E-state index contributed by atoms with van der Waals surface area (Å²) in [6.07, 6.45) is 6.13. The van der Waals surface area contributed by atoms with Gasteiger partial charge >= 0.3 is 0 Å². The van der Waals surface area contributed by atoms with Crippen molar-refractivity contribution in [3.8, 4) is 0 Å². The highest BCUT2D eigenvalue weighted by Gasteiger charge is 2.42. The molecule has 5 nitrogen and oxygen atoms in total. The highest BCUT2D eigenvalue weighted by Crippen LogP contribution is 2.44. The summed E-state index contributed by atoms with van der Waals surface area (Å²) in [5, 5.41) is 3.12. The molecule has 1 unspecified atom stereocenters. The third-order valence-electron chi connectivity index (χ3n) is 5.92. The Hall–Kier alpha value is -1.21. The number of fused-ring (bicyclic) bond motifs is 2. The van der Waals surface area contributed by atoms with Gasteiger partial charge in [-0.05, 0) is 44.7 Å². The van der Waals surface area contributed by atoms with Crippen molar-refractivity contribution in [1.82, 2.24) is 10.2 Å². The van der Waals surface area contributed by atoms with Gasteiger partial charge in [0.2, 0.25) is 0 Å². The fraction of sp³-hybridized carbons (Fsp3) is 0.667. The van der Waals surface area contributed by atoms with Gasteiger partial charge in [-0.3, -0.25) is 9.69 Å². The molecular formula is C21H30N2O3S. The number of carbonyl (C=O) groups excluding carboxylic acids is 1. The summed E-state index contributed by atoms with van der Waals surface area (Å²) < 4.78 is 11.7. The maximum Gasteiger partial charge on any atom is 0.261 e. The molecule has 2 fully saturated rings. The van der Waals surface area contributed by atoms with Gasteiger partial charge in [0.25, 0.3) is 5.91 Å². The van der Waals surface area contributed by atoms with E-state index in [2.05, 4.69) is 36.2 Å². The Labute approximate surface area is 165 Å². The molecule has 4 heterocycles. The predicted octanol–water partition coefficient (Wildman–Crippen LogP) is 3.10. The largest absolute Gasteiger partial charge is 0.379 e. The lowest BCUT2D eigenvalue weighted by Crippen LogP contribution is -2.46. The topological polar surface area (TPSA) is 50.8 Å². The quantitative estimate of drug-likeness (QED) is 0.803. The lowest BCUT2D eigenvalue weighted by Gasteiger charge is -2.44. The average Bonchev–Trinajstić information content (AvgIpc) is 3.31. The number of carbonyl (C=O) groups is 1. The average molecular weight is 391 g/mol. The smallest absolute Gasteiger partial charge is 0.261 e. The van der Waals surface area contributed by atoms with Gasteiger partial charge in [0.1, 0.15) is 0 Å². The van der Waals surface area contributed by atoms with E-state index in [1.165, 1.54) is 16.0 Å². The van der Waals surface area contributed by atoms with Crippen LogP contribution in [0.1, 0.15) is 53.2 Å². The number of rotatable bonds is 4. The maximum absolute atomic E-state index is 12.7. The molecule has 27 heavy (non-hydrogen) atoms. The second-order valence-corrected chi connectivity index (χ2v) is 9.29. The van der Waals surface area contributed by atoms with Crippen LogP contribution in [0.4, 0.5) is 0 Å². The van der Waals surface area contributed by atoms with Crippen LogP contribution >= 0.6 is 11.3 Å². The Bertz CT molecular complexity index is 709. The number of hydrogen-bond donors (Lipinski definition) is 1. The summed E-state index contributed by atoms with van der Waals surface area (Å²) in [7, 11) is 0. The van der Waals surface area contributed by atoms with E-state index in [4.69, 9.17) is 9.47 Å². The molecule has 3 aliphatic rings. The molecule has 0 saturated carbocycles. The summed E-state index contributed by atoms with van der Waals surface area (Å²) in [5.74, 6) is 0.0426. The van der Waals surface area contributed by atoms with Gasteiger partial charge in [0, 0.05) is 37.5 Å². The molecule has 0 bridgehead atoms. The first kappa shape index (κ1) is 19.1. The number of amides is 1. The van der Waals surface area contributed by atoms with E-state index in [-0.39, 0.29) is 17.6 Å². The zero-order valence-corrected chi connectivity index (χ0v) is 17.2. The second kappa shape index (κ2) is 8.03. The number of likely N-dealkylation sites (tertiary alicyclic amines) is 1. The van der Waals surface area contributed by atoms with Gasteiger partial charge in [-0.25, -0.2) is 0 Å². The third-order valence-corrected chi connectivity index (χ3v) is 7.11. The maximum atomic E-state index is 12.7. The minimum absolute atomic E-state index is 0.0426. The molecular weight excluding hydrogens is 360 g/mol. The first-order valence-electron chi connectivity index (χ1n) is 10.1. The lowest BCUT2D eigenvalue weighted by molar-refractivity contribution is -0.0958. The van der Waals surface area contributed by atoms with E-state index >= 15 is 0 Å². The van der Waals surface area contributed by atoms with Crippen molar-refractivity contribution in [3.05, 3.63) is 33.0 Å². The minimum atomic E-state index is -0.194. The lowest BCUT2D eigenvalue weighted by atomic mass is 9.82. The standard InChI is InChI=1S/C21H30N2O3S/c1-15(2)3-8-23-9-6-21(7-10-23)17-13-19(27-18(17)5-12-26-21)20(24)22-16-4-11-25-14-16/h3,13,16H,4-12,14H2,1-2H3,(H,22,24). The van der Waals surface area contributed by atoms with E-state index in [0.717, 1.165) is 63.4 Å². The van der Waals surface area contributed by atoms with Crippen LogP contribution < -0.4 is 5.32 Å². The predicted molar refractivity (Wildman–Crippen MR) is 107 cm³/mol. The first-order valence-corrected chi connectivity index (χ1v) is 10.9. The van der Waals surface area contributed by atoms with Gasteiger partial charge in [-0.2, -0.15) is 0 Å². The number of piperidine rings is 1. The first-order chi connectivity index (χ1) is 13.1. The highest BCUT2D eigenvalue weighted by atomic mass is 32.1. The molecule has 6 heteroatoms. The van der Waals surface area contributed by atoms with Crippen LogP contribution in [0.15, 0.2) is 17.7 Å². The molecule has 0 radical (unpaired) electrons. The molecule has 3 aliphatic heterocycles. The SMILES string of the molecule is CC(C)=CCN1CCC2(CC1)OCCc1sc(C(=O)NC3CCOC3)cc12. The summed E-state index contributed by atoms with van der Waals surface area (Å²) in [6.45, 7) is 9.54. The Morgan fingerprint density at radius 3 is 2.89 bits per heavy atom. The van der Waals surface area contributed by atoms with Gasteiger partial charge in [-0.1, -0.05) is 11.6 Å². The van der Waals surface area contributed by atoms with Crippen LogP contribution in [-0.4, -0.2) is 56.3 Å². The Balaban J connectivity index is 1.46. The van der Waals surface area contributed by atoms with Gasteiger partial charge < -0.3 is 14.8 Å². The molecule has 1 N–H and O–H groups in total. The van der Waals surface area contributed by atoms with Crippen molar-refractivity contribution in [2.75, 3.05) is 39.5 Å². The molecule has 0 aliphatic carbocycles. The van der Waals surface area contributed by atoms with E-state index in [0.29, 0.717) is 6.61 Å². The third kappa shape index (κ3) is 4.14. The zero-order chi connectivity index (χ0) is 18.9. The number of nitrogens with one attached hydrogen (secondary N) is 1. The Morgan fingerprint density at radius 1 is 1.37 bits per heavy atom. The monoisotopic (exact) mass is 390 g/mol. The molecule has 0 aromatic carbocycles. The fourth-order valence-corrected chi connectivity index (χ4v) is 5.39. The van der Waals surface area contributed by atoms with Crippen LogP contribution in [0.3, 0.4) is 0 Å². The summed E-state index contributed by atoms with van der Waals surface area (Å²) in [6, 6.07) is 2.26. The van der Waals surface area contributed by atoms with Gasteiger partial charge in [-0.15, -0.1) is 11.3 Å². The molecule has 1 spiro atoms. The number of nitrogens with zero attached hydrogens (tertiary/aromatic N) is 1. The summed E-state index contributed by atoms with van der Waals surface area (Å²) in [4.78, 5) is 17.3. The van der Waals surface area contributed by atoms with Gasteiger partial charge in [0.15, 0.2) is 0 Å². The molecule has 1 amide bonds. The van der Waals surface area contributed by atoms with Crippen molar-refractivity contribution in [2.24, 2.45) is 0 Å². The number of thiophene rings is 1. The molecule has 148 valence electrons. The van der Waals surface area contributed by atoms with Crippen LogP contribution in [0.25, 0.3) is 0 Å². The number of ether oxygens (including phenoxy) is 2. The van der Waals surface area contributed by atoms with Crippen LogP contribution in [0.5, 0.6) is 0 Å². The highest BCUT2D eigenvalue weighted by molar-refractivity contribution is 7.14. The van der Waals surface area contributed by atoms with Gasteiger partial charge in [0.05, 0.1) is 29.7 Å². The molecule has 1 aromatic rings. The van der Waals surface area contributed by atoms with Crippen molar-refractivity contribution in [3.63, 3.8) is 0 Å². The second-order valence-electron chi connectivity index (χ2n) is 8.16. The minimum Gasteiger partial charge on any atom is -0.379 e. The molecule has 2 saturated heterocycles. The van der Waals surface area contributed by atoms with E-state index in [9.17, 15) is 4.79 Å². The number of allylic oxidation sites excluding steroid dienone is 1. The Morgan fingerprint density at radius 2 is 2.19 bits per heavy atom. The molecule has 4 rings (SSSR count). The summed E-state index contributed by atoms with van der Waals surface area (Å²) in [5.41, 5.74) is 2.45. The van der Waals surface area contributed by atoms with E-state index in [1.54, 1.807) is 11.3 Å². The van der Waals surface area contributed by atoms with E-state index < -0.39 is 0 Å². The van der Waals surface area contributed by atoms with Crippen LogP contribution in [0, 0.1) is 0 Å². The van der Waals surface area contributed by atoms with Crippen molar-refractivity contribution in [1.29, 1.82) is 0 Å². The normalized spacial score (nSPS) is 24.6. The Kier molecular flexibility index (Phi) is 5.69. The fourth-order valence-electron chi connectivity index (χ4n) is 4.26. The van der Waals surface area contributed by atoms with Crippen molar-refractivity contribution in [2.45, 2.75) is 51.2 Å². The molecule has 1 atom stereocenters. The van der Waals surface area contributed by atoms with Crippen molar-refractivity contribution < 1.29 is 14.3 Å². The van der Waals surface area contributed by atoms with Crippen LogP contribution in [0.2, 0.25) is 0 Å². The number of hydrogen-bond acceptors (Lipinski definition) is 5. The van der Waals surface area contributed by atoms with E-state index in [1.807, 2.05) is 0 Å². The van der Waals surface area contributed by atoms with Crippen LogP contribution in [-0.2, 0) is 21.5 Å². The molecule has 1 aromatic heterocycles. The zero-order valence-electron chi connectivity index (χ0n) is 16.4.